The fraction of sp³-hybridized carbons (Fsp3) is 0.111. The van der Waals surface area contributed by atoms with Gasteiger partial charge in [0.2, 0.25) is 0 Å². The van der Waals surface area contributed by atoms with E-state index in [0.717, 1.165) is 6.42 Å². The van der Waals surface area contributed by atoms with Crippen LogP contribution in [0, 0.1) is 0 Å². The predicted molar refractivity (Wildman–Crippen MR) is 76.6 cm³/mol. The Kier molecular flexibility index (Phi) is 2.04. The summed E-state index contributed by atoms with van der Waals surface area (Å²) < 4.78 is 0. The van der Waals surface area contributed by atoms with Gasteiger partial charge in [-0.1, -0.05) is 66.8 Å². The summed E-state index contributed by atoms with van der Waals surface area (Å²) in [5.41, 5.74) is 1.38. The SMILES string of the molecule is C1=c2ccc3c(c2=CC1)=CC(c1ccccc1)C=3. The van der Waals surface area contributed by atoms with Gasteiger partial charge in [-0.3, -0.25) is 0 Å². The predicted octanol–water partition coefficient (Wildman–Crippen LogP) is 1.01. The van der Waals surface area contributed by atoms with Gasteiger partial charge in [0.15, 0.2) is 0 Å². The Morgan fingerprint density at radius 1 is 0.722 bits per heavy atom. The lowest BCUT2D eigenvalue weighted by molar-refractivity contribution is 1.22. The molecule has 1 atom stereocenters. The van der Waals surface area contributed by atoms with Crippen molar-refractivity contribution in [3.05, 3.63) is 68.9 Å². The Balaban J connectivity index is 1.99. The molecule has 0 aromatic heterocycles. The molecule has 0 radical (unpaired) electrons. The van der Waals surface area contributed by atoms with Gasteiger partial charge in [-0.25, -0.2) is 0 Å². The summed E-state index contributed by atoms with van der Waals surface area (Å²) in [6.45, 7) is 0. The van der Waals surface area contributed by atoms with Crippen molar-refractivity contribution in [1.82, 2.24) is 0 Å². The molecule has 0 bridgehead atoms. The molecule has 0 N–H and O–H groups in total. The zero-order valence-electron chi connectivity index (χ0n) is 10.1. The van der Waals surface area contributed by atoms with Crippen LogP contribution in [0.25, 0.3) is 24.3 Å². The first-order valence-electron chi connectivity index (χ1n) is 6.50. The molecule has 0 spiro atoms. The second kappa shape index (κ2) is 3.71. The standard InChI is InChI=1S/C18H14/c1-2-5-13(6-3-1)16-11-15-10-9-14-7-4-8-17(14)18(15)12-16/h1-3,5-12,16H,4H2. The highest BCUT2D eigenvalue weighted by molar-refractivity contribution is 5.62. The zero-order chi connectivity index (χ0) is 11.9. The van der Waals surface area contributed by atoms with Gasteiger partial charge in [-0.2, -0.15) is 0 Å². The van der Waals surface area contributed by atoms with Gasteiger partial charge in [-0.05, 0) is 32.9 Å². The average Bonchev–Trinajstić information content (AvgIpc) is 3.05. The maximum atomic E-state index is 2.40. The Labute approximate surface area is 106 Å². The van der Waals surface area contributed by atoms with E-state index in [2.05, 4.69) is 66.8 Å². The maximum absolute atomic E-state index is 2.40. The van der Waals surface area contributed by atoms with Crippen LogP contribution in [0.3, 0.4) is 0 Å². The lowest BCUT2D eigenvalue weighted by atomic mass is 10.0. The fourth-order valence-corrected chi connectivity index (χ4v) is 3.00. The molecule has 0 saturated heterocycles. The Morgan fingerprint density at radius 2 is 1.56 bits per heavy atom. The molecule has 0 fully saturated rings. The van der Waals surface area contributed by atoms with Crippen molar-refractivity contribution in [2.45, 2.75) is 12.3 Å². The molecule has 0 heterocycles. The number of rotatable bonds is 1. The second-order valence-corrected chi connectivity index (χ2v) is 4.99. The van der Waals surface area contributed by atoms with E-state index >= 15 is 0 Å². The molecular formula is C18H14. The van der Waals surface area contributed by atoms with Crippen LogP contribution < -0.4 is 20.9 Å². The minimum Gasteiger partial charge on any atom is -0.0728 e. The largest absolute Gasteiger partial charge is 0.0728 e. The minimum absolute atomic E-state index is 0.432. The van der Waals surface area contributed by atoms with Crippen LogP contribution in [0.4, 0.5) is 0 Å². The fourth-order valence-electron chi connectivity index (χ4n) is 3.00. The smallest absolute Gasteiger partial charge is 0.0216 e. The van der Waals surface area contributed by atoms with E-state index in [9.17, 15) is 0 Å². The summed E-state index contributed by atoms with van der Waals surface area (Å²) >= 11 is 0. The summed E-state index contributed by atoms with van der Waals surface area (Å²) in [5, 5.41) is 5.64. The molecule has 86 valence electrons. The normalized spacial score (nSPS) is 19.0. The van der Waals surface area contributed by atoms with Crippen LogP contribution >= 0.6 is 0 Å². The van der Waals surface area contributed by atoms with Gasteiger partial charge in [0.1, 0.15) is 0 Å². The van der Waals surface area contributed by atoms with Crippen LogP contribution in [0.1, 0.15) is 17.9 Å². The molecule has 1 unspecified atom stereocenters. The third-order valence-corrected chi connectivity index (χ3v) is 3.90. The van der Waals surface area contributed by atoms with Crippen molar-refractivity contribution < 1.29 is 0 Å². The van der Waals surface area contributed by atoms with E-state index in [-0.39, 0.29) is 0 Å². The lowest BCUT2D eigenvalue weighted by Gasteiger charge is -2.03. The monoisotopic (exact) mass is 230 g/mol. The van der Waals surface area contributed by atoms with Gasteiger partial charge in [0, 0.05) is 5.92 Å². The van der Waals surface area contributed by atoms with E-state index in [0.29, 0.717) is 5.92 Å². The van der Waals surface area contributed by atoms with Crippen LogP contribution in [-0.4, -0.2) is 0 Å². The molecule has 18 heavy (non-hydrogen) atoms. The number of benzene rings is 2. The molecule has 0 aliphatic heterocycles. The molecule has 4 rings (SSSR count). The highest BCUT2D eigenvalue weighted by atomic mass is 14.1. The first-order chi connectivity index (χ1) is 8.92. The third-order valence-electron chi connectivity index (χ3n) is 3.90. The molecule has 2 aromatic rings. The van der Waals surface area contributed by atoms with Crippen LogP contribution in [0.5, 0.6) is 0 Å². The minimum atomic E-state index is 0.432. The molecule has 0 amide bonds. The topological polar surface area (TPSA) is 0 Å². The molecule has 2 aliphatic rings. The third kappa shape index (κ3) is 1.39. The quantitative estimate of drug-likeness (QED) is 0.686. The van der Waals surface area contributed by atoms with Gasteiger partial charge < -0.3 is 0 Å². The number of hydrogen-bond donors (Lipinski definition) is 0. The van der Waals surface area contributed by atoms with E-state index in [1.807, 2.05) is 0 Å². The van der Waals surface area contributed by atoms with E-state index in [1.165, 1.54) is 26.4 Å². The lowest BCUT2D eigenvalue weighted by Crippen LogP contribution is -2.44. The summed E-state index contributed by atoms with van der Waals surface area (Å²) in [4.78, 5) is 0. The van der Waals surface area contributed by atoms with Crippen LogP contribution in [-0.2, 0) is 0 Å². The highest BCUT2D eigenvalue weighted by Gasteiger charge is 2.10. The van der Waals surface area contributed by atoms with Crippen molar-refractivity contribution in [1.29, 1.82) is 0 Å². The van der Waals surface area contributed by atoms with Crippen molar-refractivity contribution in [3.8, 4) is 0 Å². The summed E-state index contributed by atoms with van der Waals surface area (Å²) in [7, 11) is 0. The van der Waals surface area contributed by atoms with Gasteiger partial charge in [-0.15, -0.1) is 0 Å². The Morgan fingerprint density at radius 3 is 2.44 bits per heavy atom. The molecule has 0 heteroatoms. The molecule has 0 nitrogen and oxygen atoms in total. The molecule has 2 aromatic carbocycles. The van der Waals surface area contributed by atoms with E-state index < -0.39 is 0 Å². The van der Waals surface area contributed by atoms with Crippen LogP contribution in [0.2, 0.25) is 0 Å². The Bertz CT molecular complexity index is 839. The van der Waals surface area contributed by atoms with Crippen molar-refractivity contribution in [3.63, 3.8) is 0 Å². The second-order valence-electron chi connectivity index (χ2n) is 4.99. The van der Waals surface area contributed by atoms with Gasteiger partial charge in [0.25, 0.3) is 0 Å². The van der Waals surface area contributed by atoms with E-state index in [1.54, 1.807) is 0 Å². The van der Waals surface area contributed by atoms with Crippen molar-refractivity contribution >= 4 is 24.3 Å². The molecular weight excluding hydrogens is 216 g/mol. The maximum Gasteiger partial charge on any atom is 0.0216 e. The summed E-state index contributed by atoms with van der Waals surface area (Å²) in [6, 6.07) is 15.2. The number of hydrogen-bond acceptors (Lipinski definition) is 0. The molecule has 2 aliphatic carbocycles. The first kappa shape index (κ1) is 9.90. The number of fused-ring (bicyclic) bond motifs is 3. The summed E-state index contributed by atoms with van der Waals surface area (Å²) in [5.74, 6) is 0.432. The van der Waals surface area contributed by atoms with E-state index in [4.69, 9.17) is 0 Å². The first-order valence-corrected chi connectivity index (χ1v) is 6.50. The van der Waals surface area contributed by atoms with Crippen molar-refractivity contribution in [2.75, 3.05) is 0 Å². The van der Waals surface area contributed by atoms with Crippen molar-refractivity contribution in [2.24, 2.45) is 0 Å². The van der Waals surface area contributed by atoms with Gasteiger partial charge in [0.05, 0.1) is 0 Å². The van der Waals surface area contributed by atoms with Gasteiger partial charge >= 0.3 is 0 Å². The summed E-state index contributed by atoms with van der Waals surface area (Å²) in [6.07, 6.45) is 10.5. The molecule has 0 saturated carbocycles. The highest BCUT2D eigenvalue weighted by Crippen LogP contribution is 2.19. The van der Waals surface area contributed by atoms with Crippen LogP contribution in [0.15, 0.2) is 42.5 Å². The Hall–Kier alpha value is -2.08. The zero-order valence-corrected chi connectivity index (χ0v) is 10.1. The average molecular weight is 230 g/mol.